The van der Waals surface area contributed by atoms with Crippen LogP contribution < -0.4 is 0 Å². The van der Waals surface area contributed by atoms with E-state index in [0.717, 1.165) is 0 Å². The van der Waals surface area contributed by atoms with Crippen LogP contribution in [0.5, 0.6) is 0 Å². The van der Waals surface area contributed by atoms with E-state index in [2.05, 4.69) is 0 Å². The van der Waals surface area contributed by atoms with E-state index < -0.39 is 13.2 Å². The van der Waals surface area contributed by atoms with Gasteiger partial charge in [0.05, 0.1) is 0 Å². The van der Waals surface area contributed by atoms with Gasteiger partial charge in [0, 0.05) is 26.2 Å². The number of piperazine rings is 1. The minimum Gasteiger partial charge on any atom is -0.387 e. The number of hydrogen-bond acceptors (Lipinski definition) is 4. The van der Waals surface area contributed by atoms with Crippen LogP contribution in [0.2, 0.25) is 0 Å². The Balaban J connectivity index is 2.38. The van der Waals surface area contributed by atoms with Gasteiger partial charge in [-0.1, -0.05) is 0 Å². The zero-order valence-corrected chi connectivity index (χ0v) is 7.85. The average molecular weight is 202 g/mol. The van der Waals surface area contributed by atoms with E-state index in [0.29, 0.717) is 26.2 Å². The first kappa shape index (κ1) is 10.9. The summed E-state index contributed by atoms with van der Waals surface area (Å²) in [5.41, 5.74) is 0. The van der Waals surface area contributed by atoms with Crippen LogP contribution in [0.4, 0.5) is 0 Å². The molecule has 0 saturated carbocycles. The lowest BCUT2D eigenvalue weighted by atomic mass is 10.3. The second kappa shape index (κ2) is 4.92. The highest BCUT2D eigenvalue weighted by Gasteiger charge is 2.22. The smallest absolute Gasteiger partial charge is 0.248 e. The van der Waals surface area contributed by atoms with Crippen LogP contribution in [0.25, 0.3) is 0 Å². The Bertz CT molecular complexity index is 199. The van der Waals surface area contributed by atoms with Crippen LogP contribution in [-0.4, -0.2) is 71.2 Å². The van der Waals surface area contributed by atoms with E-state index in [9.17, 15) is 9.59 Å². The predicted octanol–water partition coefficient (Wildman–Crippen LogP) is -2.36. The van der Waals surface area contributed by atoms with E-state index in [4.69, 9.17) is 10.2 Å². The fraction of sp³-hybridized carbons (Fsp3) is 0.750. The van der Waals surface area contributed by atoms with Gasteiger partial charge in [-0.05, 0) is 0 Å². The number of amides is 2. The van der Waals surface area contributed by atoms with Crippen LogP contribution in [0.15, 0.2) is 0 Å². The molecule has 1 saturated heterocycles. The van der Waals surface area contributed by atoms with Crippen molar-refractivity contribution < 1.29 is 19.8 Å². The fourth-order valence-corrected chi connectivity index (χ4v) is 1.41. The van der Waals surface area contributed by atoms with Crippen LogP contribution in [-0.2, 0) is 9.59 Å². The van der Waals surface area contributed by atoms with Crippen LogP contribution in [0.1, 0.15) is 0 Å². The summed E-state index contributed by atoms with van der Waals surface area (Å²) in [7, 11) is 0. The number of carbonyl (C=O) groups is 2. The maximum absolute atomic E-state index is 11.0. The molecular weight excluding hydrogens is 188 g/mol. The van der Waals surface area contributed by atoms with Crippen LogP contribution in [0.3, 0.4) is 0 Å². The molecule has 0 aromatic carbocycles. The maximum atomic E-state index is 11.0. The van der Waals surface area contributed by atoms with Crippen molar-refractivity contribution >= 4 is 11.8 Å². The molecule has 0 aliphatic carbocycles. The predicted molar refractivity (Wildman–Crippen MR) is 47.3 cm³/mol. The number of aliphatic hydroxyl groups excluding tert-OH is 2. The minimum absolute atomic E-state index is 0.318. The molecule has 1 heterocycles. The van der Waals surface area contributed by atoms with Crippen molar-refractivity contribution in [1.29, 1.82) is 0 Å². The second-order valence-electron chi connectivity index (χ2n) is 3.08. The second-order valence-corrected chi connectivity index (χ2v) is 3.08. The Morgan fingerprint density at radius 1 is 0.857 bits per heavy atom. The lowest BCUT2D eigenvalue weighted by Crippen LogP contribution is -2.51. The molecule has 2 N–H and O–H groups in total. The molecule has 0 aromatic heterocycles. The van der Waals surface area contributed by atoms with E-state index in [1.54, 1.807) is 0 Å². The molecule has 0 atom stereocenters. The van der Waals surface area contributed by atoms with Gasteiger partial charge >= 0.3 is 0 Å². The molecule has 0 radical (unpaired) electrons. The highest BCUT2D eigenvalue weighted by Crippen LogP contribution is 2.01. The van der Waals surface area contributed by atoms with E-state index in [-0.39, 0.29) is 11.8 Å². The molecule has 0 unspecified atom stereocenters. The molecule has 1 aliphatic rings. The largest absolute Gasteiger partial charge is 0.387 e. The molecule has 1 rings (SSSR count). The van der Waals surface area contributed by atoms with E-state index in [1.807, 2.05) is 0 Å². The Labute approximate surface area is 81.7 Å². The molecule has 1 aliphatic heterocycles. The van der Waals surface area contributed by atoms with Crippen molar-refractivity contribution in [3.8, 4) is 0 Å². The van der Waals surface area contributed by atoms with E-state index >= 15 is 0 Å². The molecule has 0 bridgehead atoms. The van der Waals surface area contributed by atoms with Gasteiger partial charge in [0.1, 0.15) is 13.2 Å². The summed E-state index contributed by atoms with van der Waals surface area (Å²) < 4.78 is 0. The highest BCUT2D eigenvalue weighted by molar-refractivity contribution is 5.79. The summed E-state index contributed by atoms with van der Waals surface area (Å²) >= 11 is 0. The van der Waals surface area contributed by atoms with Gasteiger partial charge in [-0.15, -0.1) is 0 Å². The Hall–Kier alpha value is -1.14. The average Bonchev–Trinajstić information content (AvgIpc) is 2.27. The first-order chi connectivity index (χ1) is 6.69. The topological polar surface area (TPSA) is 81.1 Å². The fourth-order valence-electron chi connectivity index (χ4n) is 1.41. The quantitative estimate of drug-likeness (QED) is 0.525. The third kappa shape index (κ3) is 2.43. The zero-order chi connectivity index (χ0) is 10.6. The summed E-state index contributed by atoms with van der Waals surface area (Å²) in [6.45, 7) is 0.703. The Kier molecular flexibility index (Phi) is 3.84. The summed E-state index contributed by atoms with van der Waals surface area (Å²) in [5, 5.41) is 17.2. The lowest BCUT2D eigenvalue weighted by molar-refractivity contribution is -0.142. The summed E-state index contributed by atoms with van der Waals surface area (Å²) in [5.74, 6) is -0.637. The SMILES string of the molecule is O=C(CO)N1CCN(C(=O)CO)CC1. The first-order valence-electron chi connectivity index (χ1n) is 4.46. The van der Waals surface area contributed by atoms with Crippen molar-refractivity contribution in [3.63, 3.8) is 0 Å². The molecule has 80 valence electrons. The zero-order valence-electron chi connectivity index (χ0n) is 7.85. The lowest BCUT2D eigenvalue weighted by Gasteiger charge is -2.34. The summed E-state index contributed by atoms with van der Waals surface area (Å²) in [6, 6.07) is 0. The van der Waals surface area contributed by atoms with Gasteiger partial charge in [-0.2, -0.15) is 0 Å². The molecule has 6 heteroatoms. The van der Waals surface area contributed by atoms with Gasteiger partial charge in [-0.3, -0.25) is 9.59 Å². The number of aliphatic hydroxyl groups is 2. The number of carbonyl (C=O) groups excluding carboxylic acids is 2. The first-order valence-corrected chi connectivity index (χ1v) is 4.46. The number of rotatable bonds is 2. The molecule has 6 nitrogen and oxygen atoms in total. The molecule has 0 spiro atoms. The highest BCUT2D eigenvalue weighted by atomic mass is 16.3. The van der Waals surface area contributed by atoms with Crippen molar-refractivity contribution in [3.05, 3.63) is 0 Å². The van der Waals surface area contributed by atoms with Crippen molar-refractivity contribution in [2.45, 2.75) is 0 Å². The number of nitrogens with zero attached hydrogens (tertiary/aromatic N) is 2. The summed E-state index contributed by atoms with van der Waals surface area (Å²) in [4.78, 5) is 25.1. The van der Waals surface area contributed by atoms with Gasteiger partial charge in [-0.25, -0.2) is 0 Å². The van der Waals surface area contributed by atoms with Crippen molar-refractivity contribution in [2.24, 2.45) is 0 Å². The normalized spacial score (nSPS) is 17.0. The molecule has 2 amide bonds. The van der Waals surface area contributed by atoms with Crippen molar-refractivity contribution in [2.75, 3.05) is 39.4 Å². The minimum atomic E-state index is -0.492. The van der Waals surface area contributed by atoms with Crippen LogP contribution in [0, 0.1) is 0 Å². The van der Waals surface area contributed by atoms with Gasteiger partial charge in [0.15, 0.2) is 0 Å². The molecule has 0 aromatic rings. The van der Waals surface area contributed by atoms with Crippen LogP contribution >= 0.6 is 0 Å². The van der Waals surface area contributed by atoms with Gasteiger partial charge < -0.3 is 20.0 Å². The van der Waals surface area contributed by atoms with Crippen molar-refractivity contribution in [1.82, 2.24) is 9.80 Å². The summed E-state index contributed by atoms with van der Waals surface area (Å²) in [6.07, 6.45) is 0. The standard InChI is InChI=1S/C8H14N2O4/c11-5-7(13)9-1-2-10(4-3-9)8(14)6-12/h11-12H,1-6H2. The number of hydrogen-bond donors (Lipinski definition) is 2. The maximum Gasteiger partial charge on any atom is 0.248 e. The van der Waals surface area contributed by atoms with Gasteiger partial charge in [0.2, 0.25) is 11.8 Å². The molecular formula is C8H14N2O4. The molecule has 14 heavy (non-hydrogen) atoms. The van der Waals surface area contributed by atoms with Gasteiger partial charge in [0.25, 0.3) is 0 Å². The molecule has 1 fully saturated rings. The van der Waals surface area contributed by atoms with E-state index in [1.165, 1.54) is 9.80 Å². The monoisotopic (exact) mass is 202 g/mol. The third-order valence-corrected chi connectivity index (χ3v) is 2.26. The Morgan fingerprint density at radius 2 is 1.14 bits per heavy atom. The Morgan fingerprint density at radius 3 is 1.36 bits per heavy atom. The third-order valence-electron chi connectivity index (χ3n) is 2.26.